The van der Waals surface area contributed by atoms with Crippen LogP contribution in [0.1, 0.15) is 35.1 Å². The van der Waals surface area contributed by atoms with E-state index >= 15 is 0 Å². The molecule has 1 aliphatic heterocycles. The zero-order valence-electron chi connectivity index (χ0n) is 24.0. The molecule has 0 atom stereocenters. The third-order valence-corrected chi connectivity index (χ3v) is 7.59. The van der Waals surface area contributed by atoms with Gasteiger partial charge in [-0.3, -0.25) is 0 Å². The minimum absolute atomic E-state index is 0.0914. The minimum atomic E-state index is -0.416. The summed E-state index contributed by atoms with van der Waals surface area (Å²) in [4.78, 5) is 17.7. The van der Waals surface area contributed by atoms with E-state index in [2.05, 4.69) is 17.3 Å². The van der Waals surface area contributed by atoms with Crippen LogP contribution in [0.2, 0.25) is 0 Å². The molecule has 0 aromatic heterocycles. The van der Waals surface area contributed by atoms with E-state index < -0.39 is 5.82 Å². The molecular weight excluding hydrogens is 529 g/mol. The average molecular weight is 568 g/mol. The van der Waals surface area contributed by atoms with E-state index in [0.717, 1.165) is 53.9 Å². The Morgan fingerprint density at radius 1 is 0.810 bits per heavy atom. The number of nitrogens with zero attached hydrogens (tertiary/aromatic N) is 2. The summed E-state index contributed by atoms with van der Waals surface area (Å²) in [6.07, 6.45) is 1.77. The maximum Gasteiger partial charge on any atom is 0.318 e. The topological polar surface area (TPSA) is 54.0 Å². The fourth-order valence-corrected chi connectivity index (χ4v) is 5.09. The summed E-state index contributed by atoms with van der Waals surface area (Å²) in [7, 11) is 2.10. The first-order valence-electron chi connectivity index (χ1n) is 14.5. The van der Waals surface area contributed by atoms with E-state index in [9.17, 15) is 9.18 Å². The molecule has 0 radical (unpaired) electrons. The van der Waals surface area contributed by atoms with Gasteiger partial charge in [0.15, 0.2) is 11.6 Å². The summed E-state index contributed by atoms with van der Waals surface area (Å²) in [5.41, 5.74) is 3.88. The Morgan fingerprint density at radius 2 is 1.40 bits per heavy atom. The molecule has 42 heavy (non-hydrogen) atoms. The molecule has 1 saturated heterocycles. The van der Waals surface area contributed by atoms with E-state index in [1.165, 1.54) is 6.07 Å². The van der Waals surface area contributed by atoms with Gasteiger partial charge in [-0.1, -0.05) is 78.9 Å². The van der Waals surface area contributed by atoms with Gasteiger partial charge >= 0.3 is 6.03 Å². The van der Waals surface area contributed by atoms with Crippen LogP contribution in [-0.4, -0.2) is 42.0 Å². The fourth-order valence-electron chi connectivity index (χ4n) is 5.09. The van der Waals surface area contributed by atoms with Gasteiger partial charge in [0.1, 0.15) is 19.0 Å². The number of likely N-dealkylation sites (tertiary alicyclic amines) is 1. The molecule has 1 heterocycles. The van der Waals surface area contributed by atoms with Crippen molar-refractivity contribution in [3.05, 3.63) is 131 Å². The number of amides is 2. The van der Waals surface area contributed by atoms with Crippen LogP contribution in [0, 0.1) is 5.82 Å². The number of halogens is 1. The Bertz CT molecular complexity index is 1410. The average Bonchev–Trinajstić information content (AvgIpc) is 3.03. The Kier molecular flexibility index (Phi) is 10.1. The Morgan fingerprint density at radius 3 is 2.05 bits per heavy atom. The minimum Gasteiger partial charge on any atom is -0.489 e. The van der Waals surface area contributed by atoms with Crippen LogP contribution in [0.25, 0.3) is 0 Å². The number of nitrogens with one attached hydrogen (secondary N) is 1. The van der Waals surface area contributed by atoms with Crippen molar-refractivity contribution in [3.63, 3.8) is 0 Å². The second-order valence-corrected chi connectivity index (χ2v) is 10.8. The number of hydrogen-bond acceptors (Lipinski definition) is 4. The van der Waals surface area contributed by atoms with Gasteiger partial charge in [0.05, 0.1) is 0 Å². The Hall–Kier alpha value is -4.36. The number of benzene rings is 4. The van der Waals surface area contributed by atoms with Gasteiger partial charge in [0.2, 0.25) is 0 Å². The summed E-state index contributed by atoms with van der Waals surface area (Å²) in [5.74, 6) is 0.555. The van der Waals surface area contributed by atoms with Crippen molar-refractivity contribution in [2.75, 3.05) is 20.1 Å². The zero-order chi connectivity index (χ0) is 29.1. The molecule has 1 aliphatic rings. The van der Waals surface area contributed by atoms with Crippen molar-refractivity contribution in [1.29, 1.82) is 0 Å². The number of hydrogen-bond donors (Lipinski definition) is 1. The maximum absolute atomic E-state index is 14.6. The first kappa shape index (κ1) is 29.1. The second kappa shape index (κ2) is 14.5. The van der Waals surface area contributed by atoms with E-state index in [-0.39, 0.29) is 24.4 Å². The van der Waals surface area contributed by atoms with Crippen LogP contribution in [0.3, 0.4) is 0 Å². The smallest absolute Gasteiger partial charge is 0.318 e. The van der Waals surface area contributed by atoms with Crippen LogP contribution in [-0.2, 0) is 26.3 Å². The Labute approximate surface area is 247 Å². The molecule has 0 bridgehead atoms. The van der Waals surface area contributed by atoms with Crippen molar-refractivity contribution in [1.82, 2.24) is 15.1 Å². The van der Waals surface area contributed by atoms with E-state index in [1.807, 2.05) is 89.8 Å². The first-order valence-corrected chi connectivity index (χ1v) is 14.5. The Balaban J connectivity index is 1.21. The third kappa shape index (κ3) is 8.33. The molecule has 6 nitrogen and oxygen atoms in total. The van der Waals surface area contributed by atoms with Gasteiger partial charge in [0.25, 0.3) is 0 Å². The first-order chi connectivity index (χ1) is 20.5. The molecule has 1 fully saturated rings. The highest BCUT2D eigenvalue weighted by Crippen LogP contribution is 2.24. The fraction of sp³-hybridized carbons (Fsp3) is 0.286. The molecule has 7 heteroatoms. The standard InChI is InChI=1S/C35H38FN3O3/c1-38-20-18-31(19-21-38)39(24-30-14-17-33(36)34(22-30)42-26-29-10-6-3-7-11-29)35(40)37-23-27-12-15-32(16-13-27)41-25-28-8-4-2-5-9-28/h2-17,22,31H,18-21,23-26H2,1H3,(H,37,40). The summed E-state index contributed by atoms with van der Waals surface area (Å²) in [6, 6.07) is 32.3. The van der Waals surface area contributed by atoms with E-state index in [0.29, 0.717) is 19.7 Å². The lowest BCUT2D eigenvalue weighted by molar-refractivity contribution is 0.127. The third-order valence-electron chi connectivity index (χ3n) is 7.59. The predicted octanol–water partition coefficient (Wildman–Crippen LogP) is 6.79. The van der Waals surface area contributed by atoms with Crippen molar-refractivity contribution in [2.45, 2.75) is 45.2 Å². The molecule has 0 aliphatic carbocycles. The summed E-state index contributed by atoms with van der Waals surface area (Å²) < 4.78 is 26.3. The lowest BCUT2D eigenvalue weighted by Crippen LogP contribution is -2.49. The molecule has 4 aromatic rings. The largest absolute Gasteiger partial charge is 0.489 e. The zero-order valence-corrected chi connectivity index (χ0v) is 24.0. The lowest BCUT2D eigenvalue weighted by atomic mass is 10.0. The molecule has 4 aromatic carbocycles. The van der Waals surface area contributed by atoms with Crippen molar-refractivity contribution < 1.29 is 18.7 Å². The summed E-state index contributed by atoms with van der Waals surface area (Å²) >= 11 is 0. The molecule has 0 saturated carbocycles. The maximum atomic E-state index is 14.6. The number of rotatable bonds is 11. The van der Waals surface area contributed by atoms with Crippen LogP contribution in [0.15, 0.2) is 103 Å². The molecular formula is C35H38FN3O3. The second-order valence-electron chi connectivity index (χ2n) is 10.8. The molecule has 2 amide bonds. The lowest BCUT2D eigenvalue weighted by Gasteiger charge is -2.37. The van der Waals surface area contributed by atoms with Gasteiger partial charge in [-0.25, -0.2) is 9.18 Å². The number of ether oxygens (including phenoxy) is 2. The highest BCUT2D eigenvalue weighted by atomic mass is 19.1. The number of carbonyl (C=O) groups is 1. The van der Waals surface area contributed by atoms with Crippen LogP contribution in [0.5, 0.6) is 11.5 Å². The van der Waals surface area contributed by atoms with Gasteiger partial charge < -0.3 is 24.6 Å². The van der Waals surface area contributed by atoms with Crippen LogP contribution in [0.4, 0.5) is 9.18 Å². The van der Waals surface area contributed by atoms with Crippen LogP contribution >= 0.6 is 0 Å². The van der Waals surface area contributed by atoms with Crippen molar-refractivity contribution in [3.8, 4) is 11.5 Å². The molecule has 5 rings (SSSR count). The van der Waals surface area contributed by atoms with Crippen molar-refractivity contribution in [2.24, 2.45) is 0 Å². The SMILES string of the molecule is CN1CCC(N(Cc2ccc(F)c(OCc3ccccc3)c2)C(=O)NCc2ccc(OCc3ccccc3)cc2)CC1. The predicted molar refractivity (Wildman–Crippen MR) is 163 cm³/mol. The van der Waals surface area contributed by atoms with Gasteiger partial charge in [-0.2, -0.15) is 0 Å². The van der Waals surface area contributed by atoms with Gasteiger partial charge in [0, 0.05) is 19.1 Å². The highest BCUT2D eigenvalue weighted by molar-refractivity contribution is 5.74. The van der Waals surface area contributed by atoms with E-state index in [1.54, 1.807) is 12.1 Å². The highest BCUT2D eigenvalue weighted by Gasteiger charge is 2.27. The molecule has 0 unspecified atom stereocenters. The summed E-state index contributed by atoms with van der Waals surface area (Å²) in [5, 5.41) is 3.11. The molecule has 0 spiro atoms. The summed E-state index contributed by atoms with van der Waals surface area (Å²) in [6.45, 7) is 3.40. The normalized spacial score (nSPS) is 13.9. The van der Waals surface area contributed by atoms with Gasteiger partial charge in [-0.15, -0.1) is 0 Å². The number of piperidine rings is 1. The monoisotopic (exact) mass is 567 g/mol. The quantitative estimate of drug-likeness (QED) is 0.217. The number of urea groups is 1. The van der Waals surface area contributed by atoms with Crippen LogP contribution < -0.4 is 14.8 Å². The molecule has 1 N–H and O–H groups in total. The molecule has 218 valence electrons. The van der Waals surface area contributed by atoms with Gasteiger partial charge in [-0.05, 0) is 79.5 Å². The van der Waals surface area contributed by atoms with E-state index in [4.69, 9.17) is 9.47 Å². The number of carbonyl (C=O) groups excluding carboxylic acids is 1. The van der Waals surface area contributed by atoms with Crippen molar-refractivity contribution >= 4 is 6.03 Å².